The summed E-state index contributed by atoms with van der Waals surface area (Å²) in [5.41, 5.74) is -0.568. The molecule has 0 atom stereocenters. The van der Waals surface area contributed by atoms with Gasteiger partial charge in [-0.15, -0.1) is 0 Å². The van der Waals surface area contributed by atoms with E-state index in [1.54, 1.807) is 4.90 Å². The third-order valence-electron chi connectivity index (χ3n) is 3.05. The maximum atomic E-state index is 11.4. The number of likely N-dealkylation sites (tertiary alicyclic amines) is 1. The molecule has 4 heteroatoms. The van der Waals surface area contributed by atoms with Crippen LogP contribution < -0.4 is 0 Å². The van der Waals surface area contributed by atoms with Gasteiger partial charge in [-0.05, 0) is 25.7 Å². The lowest BCUT2D eigenvalue weighted by Gasteiger charge is -2.46. The number of carbonyl (C=O) groups excluding carboxylic acids is 1. The van der Waals surface area contributed by atoms with Crippen LogP contribution in [-0.4, -0.2) is 47.8 Å². The zero-order valence-corrected chi connectivity index (χ0v) is 8.53. The number of amides is 1. The first-order valence-corrected chi connectivity index (χ1v) is 5.23. The van der Waals surface area contributed by atoms with Crippen molar-refractivity contribution in [3.05, 3.63) is 0 Å². The first-order chi connectivity index (χ1) is 6.65. The second-order valence-corrected chi connectivity index (χ2v) is 4.26. The van der Waals surface area contributed by atoms with Crippen LogP contribution in [0.3, 0.4) is 0 Å². The van der Waals surface area contributed by atoms with E-state index < -0.39 is 5.60 Å². The molecule has 0 spiro atoms. The lowest BCUT2D eigenvalue weighted by Crippen LogP contribution is -2.65. The molecule has 2 fully saturated rings. The molecule has 1 saturated carbocycles. The van der Waals surface area contributed by atoms with Gasteiger partial charge in [-0.25, -0.2) is 0 Å². The zero-order chi connectivity index (χ0) is 10.2. The Hall–Kier alpha value is -0.610. The van der Waals surface area contributed by atoms with Gasteiger partial charge in [0.05, 0.1) is 13.1 Å². The molecule has 0 aromatic rings. The monoisotopic (exact) mass is 199 g/mol. The molecule has 0 aromatic carbocycles. The highest BCUT2D eigenvalue weighted by Crippen LogP contribution is 2.44. The van der Waals surface area contributed by atoms with E-state index in [0.29, 0.717) is 25.6 Å². The third-order valence-corrected chi connectivity index (χ3v) is 3.05. The minimum Gasteiger partial charge on any atom is -0.386 e. The van der Waals surface area contributed by atoms with Gasteiger partial charge in [0.15, 0.2) is 0 Å². The van der Waals surface area contributed by atoms with Crippen molar-refractivity contribution in [3.63, 3.8) is 0 Å². The Bertz CT molecular complexity index is 232. The lowest BCUT2D eigenvalue weighted by atomic mass is 9.89. The second kappa shape index (κ2) is 3.51. The maximum absolute atomic E-state index is 11.4. The largest absolute Gasteiger partial charge is 0.386 e. The van der Waals surface area contributed by atoms with Crippen LogP contribution in [0.15, 0.2) is 0 Å². The van der Waals surface area contributed by atoms with Crippen molar-refractivity contribution in [1.82, 2.24) is 4.90 Å². The molecule has 1 N–H and O–H groups in total. The normalized spacial score (nSPS) is 24.6. The Morgan fingerprint density at radius 2 is 2.21 bits per heavy atom. The highest BCUT2D eigenvalue weighted by molar-refractivity contribution is 5.78. The molecule has 80 valence electrons. The van der Waals surface area contributed by atoms with Gasteiger partial charge in [0.25, 0.3) is 0 Å². The Kier molecular flexibility index (Phi) is 2.49. The number of hydrogen-bond donors (Lipinski definition) is 1. The number of nitrogens with zero attached hydrogens (tertiary/aromatic N) is 1. The van der Waals surface area contributed by atoms with E-state index >= 15 is 0 Å². The van der Waals surface area contributed by atoms with E-state index in [1.165, 1.54) is 0 Å². The molecule has 1 heterocycles. The summed E-state index contributed by atoms with van der Waals surface area (Å²) in [7, 11) is 0. The second-order valence-electron chi connectivity index (χ2n) is 4.26. The fourth-order valence-electron chi connectivity index (χ4n) is 1.95. The van der Waals surface area contributed by atoms with Crippen molar-refractivity contribution in [2.24, 2.45) is 5.92 Å². The highest BCUT2D eigenvalue weighted by atomic mass is 16.5. The molecule has 2 aliphatic rings. The van der Waals surface area contributed by atoms with E-state index in [1.807, 2.05) is 6.92 Å². The first kappa shape index (κ1) is 9.93. The van der Waals surface area contributed by atoms with Gasteiger partial charge >= 0.3 is 0 Å². The van der Waals surface area contributed by atoms with E-state index in [2.05, 4.69) is 0 Å². The molecular weight excluding hydrogens is 182 g/mol. The molecule has 0 unspecified atom stereocenters. The van der Waals surface area contributed by atoms with Crippen LogP contribution in [0.2, 0.25) is 0 Å². The summed E-state index contributed by atoms with van der Waals surface area (Å²) in [4.78, 5) is 13.1. The topological polar surface area (TPSA) is 49.8 Å². The molecule has 1 aliphatic carbocycles. The molecule has 0 bridgehead atoms. The van der Waals surface area contributed by atoms with Crippen LogP contribution >= 0.6 is 0 Å². The Morgan fingerprint density at radius 3 is 2.71 bits per heavy atom. The van der Waals surface area contributed by atoms with E-state index in [9.17, 15) is 9.90 Å². The van der Waals surface area contributed by atoms with Crippen molar-refractivity contribution in [1.29, 1.82) is 0 Å². The highest BCUT2D eigenvalue weighted by Gasteiger charge is 2.53. The molecule has 0 aromatic heterocycles. The van der Waals surface area contributed by atoms with Crippen molar-refractivity contribution in [2.45, 2.75) is 25.4 Å². The summed E-state index contributed by atoms with van der Waals surface area (Å²) in [6.07, 6.45) is 2.23. The minimum atomic E-state index is -0.568. The number of hydrogen-bond acceptors (Lipinski definition) is 3. The summed E-state index contributed by atoms with van der Waals surface area (Å²) in [5.74, 6) is 0.441. The Labute approximate surface area is 83.8 Å². The average Bonchev–Trinajstić information content (AvgIpc) is 2.92. The standard InChI is InChI=1S/C10H17NO3/c1-2-14-5-9(12)11-6-10(13,7-11)8-3-4-8/h8,13H,2-7H2,1H3. The van der Waals surface area contributed by atoms with Crippen LogP contribution in [0.4, 0.5) is 0 Å². The number of β-amino-alcohol motifs (C(OH)–C–C–N with tert-alkyl or cyclic N) is 1. The first-order valence-electron chi connectivity index (χ1n) is 5.23. The third kappa shape index (κ3) is 1.77. The average molecular weight is 199 g/mol. The van der Waals surface area contributed by atoms with Gasteiger partial charge in [-0.1, -0.05) is 0 Å². The van der Waals surface area contributed by atoms with Gasteiger partial charge in [-0.3, -0.25) is 4.79 Å². The summed E-state index contributed by atoms with van der Waals surface area (Å²) in [6.45, 7) is 3.58. The molecular formula is C10H17NO3. The maximum Gasteiger partial charge on any atom is 0.248 e. The van der Waals surface area contributed by atoms with Gasteiger partial charge in [-0.2, -0.15) is 0 Å². The molecule has 1 amide bonds. The molecule has 0 radical (unpaired) electrons. The Morgan fingerprint density at radius 1 is 1.57 bits per heavy atom. The van der Waals surface area contributed by atoms with Crippen LogP contribution in [0, 0.1) is 5.92 Å². The quantitative estimate of drug-likeness (QED) is 0.693. The van der Waals surface area contributed by atoms with E-state index in [4.69, 9.17) is 4.74 Å². The van der Waals surface area contributed by atoms with Crippen LogP contribution in [0.5, 0.6) is 0 Å². The predicted octanol–water partition coefficient (Wildman–Crippen LogP) is 0.00620. The summed E-state index contributed by atoms with van der Waals surface area (Å²) in [6, 6.07) is 0. The number of rotatable bonds is 4. The molecule has 1 aliphatic heterocycles. The molecule has 14 heavy (non-hydrogen) atoms. The number of aliphatic hydroxyl groups is 1. The van der Waals surface area contributed by atoms with E-state index in [-0.39, 0.29) is 12.5 Å². The SMILES string of the molecule is CCOCC(=O)N1CC(O)(C2CC2)C1. The van der Waals surface area contributed by atoms with Gasteiger partial charge in [0, 0.05) is 6.61 Å². The Balaban J connectivity index is 1.73. The van der Waals surface area contributed by atoms with Crippen LogP contribution in [-0.2, 0) is 9.53 Å². The van der Waals surface area contributed by atoms with Crippen LogP contribution in [0.25, 0.3) is 0 Å². The predicted molar refractivity (Wildman–Crippen MR) is 50.7 cm³/mol. The van der Waals surface area contributed by atoms with Crippen molar-refractivity contribution < 1.29 is 14.6 Å². The fraction of sp³-hybridized carbons (Fsp3) is 0.900. The van der Waals surface area contributed by atoms with Gasteiger partial charge in [0.2, 0.25) is 5.91 Å². The molecule has 2 rings (SSSR count). The summed E-state index contributed by atoms with van der Waals surface area (Å²) in [5, 5.41) is 9.96. The summed E-state index contributed by atoms with van der Waals surface area (Å²) >= 11 is 0. The minimum absolute atomic E-state index is 0.00262. The zero-order valence-electron chi connectivity index (χ0n) is 8.53. The van der Waals surface area contributed by atoms with Crippen molar-refractivity contribution in [3.8, 4) is 0 Å². The van der Waals surface area contributed by atoms with Crippen LogP contribution in [0.1, 0.15) is 19.8 Å². The van der Waals surface area contributed by atoms with Crippen molar-refractivity contribution in [2.75, 3.05) is 26.3 Å². The molecule has 1 saturated heterocycles. The van der Waals surface area contributed by atoms with E-state index in [0.717, 1.165) is 12.8 Å². The van der Waals surface area contributed by atoms with Gasteiger partial charge < -0.3 is 14.7 Å². The smallest absolute Gasteiger partial charge is 0.248 e. The number of carbonyl (C=O) groups is 1. The summed E-state index contributed by atoms with van der Waals surface area (Å²) < 4.78 is 5.02. The molecule has 4 nitrogen and oxygen atoms in total. The fourth-order valence-corrected chi connectivity index (χ4v) is 1.95. The van der Waals surface area contributed by atoms with Crippen molar-refractivity contribution >= 4 is 5.91 Å². The number of ether oxygens (including phenoxy) is 1. The van der Waals surface area contributed by atoms with Gasteiger partial charge in [0.1, 0.15) is 12.2 Å². The lowest BCUT2D eigenvalue weighted by molar-refractivity contribution is -0.163.